The summed E-state index contributed by atoms with van der Waals surface area (Å²) in [5, 5.41) is 9.38. The van der Waals surface area contributed by atoms with E-state index in [1.165, 1.54) is 0 Å². The zero-order valence-corrected chi connectivity index (χ0v) is 14.3. The van der Waals surface area contributed by atoms with E-state index in [0.717, 1.165) is 11.1 Å². The van der Waals surface area contributed by atoms with E-state index >= 15 is 0 Å². The van der Waals surface area contributed by atoms with E-state index in [1.807, 2.05) is 51.1 Å². The number of rotatable bonds is 5. The standard InChI is InChI=1S/C20H23NO3/c1-20(2,3)24-19(23)18(13-15-9-11-17(22)12-10-15)21-14-16-7-5-4-6-8-16/h4-12,14,18,22H,13H2,1-3H3/b21-14+/t18-/m0/s1. The first-order chi connectivity index (χ1) is 11.3. The molecular formula is C20H23NO3. The molecule has 2 aromatic rings. The lowest BCUT2D eigenvalue weighted by molar-refractivity contribution is -0.156. The van der Waals surface area contributed by atoms with Crippen molar-refractivity contribution in [3.8, 4) is 5.75 Å². The Bertz CT molecular complexity index is 685. The maximum absolute atomic E-state index is 12.5. The topological polar surface area (TPSA) is 58.9 Å². The number of benzene rings is 2. The van der Waals surface area contributed by atoms with Gasteiger partial charge in [-0.3, -0.25) is 4.99 Å². The minimum Gasteiger partial charge on any atom is -0.508 e. The van der Waals surface area contributed by atoms with Crippen molar-refractivity contribution in [1.29, 1.82) is 0 Å². The number of esters is 1. The van der Waals surface area contributed by atoms with Gasteiger partial charge in [-0.15, -0.1) is 0 Å². The molecule has 2 aromatic carbocycles. The average Bonchev–Trinajstić information content (AvgIpc) is 2.52. The van der Waals surface area contributed by atoms with Gasteiger partial charge < -0.3 is 9.84 Å². The van der Waals surface area contributed by atoms with Gasteiger partial charge in [0, 0.05) is 12.6 Å². The third kappa shape index (κ3) is 5.88. The van der Waals surface area contributed by atoms with Gasteiger partial charge in [0.05, 0.1) is 0 Å². The van der Waals surface area contributed by atoms with Gasteiger partial charge in [0.25, 0.3) is 0 Å². The minimum absolute atomic E-state index is 0.195. The van der Waals surface area contributed by atoms with E-state index < -0.39 is 11.6 Å². The lowest BCUT2D eigenvalue weighted by Gasteiger charge is -2.22. The van der Waals surface area contributed by atoms with Crippen molar-refractivity contribution in [2.24, 2.45) is 4.99 Å². The first-order valence-corrected chi connectivity index (χ1v) is 7.92. The Hall–Kier alpha value is -2.62. The van der Waals surface area contributed by atoms with Gasteiger partial charge in [0.1, 0.15) is 11.4 Å². The Morgan fingerprint density at radius 3 is 2.33 bits per heavy atom. The summed E-state index contributed by atoms with van der Waals surface area (Å²) in [5.74, 6) is -0.164. The van der Waals surface area contributed by atoms with E-state index in [9.17, 15) is 9.90 Å². The Balaban J connectivity index is 2.18. The molecule has 4 heteroatoms. The van der Waals surface area contributed by atoms with E-state index in [2.05, 4.69) is 4.99 Å². The SMILES string of the molecule is CC(C)(C)OC(=O)[C@H](Cc1ccc(O)cc1)/N=C/c1ccccc1. The molecule has 0 amide bonds. The number of nitrogens with zero attached hydrogens (tertiary/aromatic N) is 1. The molecule has 0 aliphatic heterocycles. The van der Waals surface area contributed by atoms with Gasteiger partial charge in [-0.2, -0.15) is 0 Å². The molecule has 0 aromatic heterocycles. The van der Waals surface area contributed by atoms with E-state index in [0.29, 0.717) is 6.42 Å². The van der Waals surface area contributed by atoms with Crippen LogP contribution in [0.2, 0.25) is 0 Å². The van der Waals surface area contributed by atoms with Crippen molar-refractivity contribution in [2.45, 2.75) is 38.8 Å². The molecular weight excluding hydrogens is 302 g/mol. The maximum Gasteiger partial charge on any atom is 0.331 e. The summed E-state index contributed by atoms with van der Waals surface area (Å²) in [6, 6.07) is 15.8. The van der Waals surface area contributed by atoms with Gasteiger partial charge in [-0.1, -0.05) is 42.5 Å². The Morgan fingerprint density at radius 2 is 1.75 bits per heavy atom. The third-order valence-corrected chi connectivity index (χ3v) is 3.25. The van der Waals surface area contributed by atoms with Crippen LogP contribution >= 0.6 is 0 Å². The fourth-order valence-electron chi connectivity index (χ4n) is 2.14. The van der Waals surface area contributed by atoms with Gasteiger partial charge in [0.15, 0.2) is 6.04 Å². The number of phenols is 1. The smallest absolute Gasteiger partial charge is 0.331 e. The molecule has 1 N–H and O–H groups in total. The molecule has 1 atom stereocenters. The summed E-state index contributed by atoms with van der Waals surface area (Å²) < 4.78 is 5.48. The van der Waals surface area contributed by atoms with Crippen LogP contribution in [0.1, 0.15) is 31.9 Å². The molecule has 0 radical (unpaired) electrons. The molecule has 2 rings (SSSR count). The highest BCUT2D eigenvalue weighted by Gasteiger charge is 2.24. The second-order valence-corrected chi connectivity index (χ2v) is 6.61. The summed E-state index contributed by atoms with van der Waals surface area (Å²) in [7, 11) is 0. The largest absolute Gasteiger partial charge is 0.508 e. The van der Waals surface area contributed by atoms with Crippen molar-refractivity contribution < 1.29 is 14.6 Å². The number of aliphatic imine (C=N–C) groups is 1. The maximum atomic E-state index is 12.5. The van der Waals surface area contributed by atoms with Crippen molar-refractivity contribution in [3.05, 3.63) is 65.7 Å². The number of hydrogen-bond donors (Lipinski definition) is 1. The van der Waals surface area contributed by atoms with Gasteiger partial charge >= 0.3 is 5.97 Å². The molecule has 0 aliphatic rings. The van der Waals surface area contributed by atoms with Crippen LogP contribution in [-0.2, 0) is 16.0 Å². The van der Waals surface area contributed by atoms with Crippen molar-refractivity contribution in [2.75, 3.05) is 0 Å². The fourth-order valence-corrected chi connectivity index (χ4v) is 2.14. The summed E-state index contributed by atoms with van der Waals surface area (Å²) in [6.07, 6.45) is 2.10. The fraction of sp³-hybridized carbons (Fsp3) is 0.300. The normalized spacial score (nSPS) is 13.0. The molecule has 0 saturated carbocycles. The van der Waals surface area contributed by atoms with Crippen LogP contribution in [0.4, 0.5) is 0 Å². The van der Waals surface area contributed by atoms with Gasteiger partial charge in [-0.05, 0) is 44.0 Å². The molecule has 24 heavy (non-hydrogen) atoms. The Labute approximate surface area is 142 Å². The molecule has 0 heterocycles. The second kappa shape index (κ2) is 7.77. The van der Waals surface area contributed by atoms with E-state index in [1.54, 1.807) is 30.5 Å². The molecule has 0 spiro atoms. The predicted molar refractivity (Wildman–Crippen MR) is 95.5 cm³/mol. The first kappa shape index (κ1) is 17.7. The van der Waals surface area contributed by atoms with Crippen LogP contribution in [0.15, 0.2) is 59.6 Å². The van der Waals surface area contributed by atoms with E-state index in [-0.39, 0.29) is 11.7 Å². The zero-order chi connectivity index (χ0) is 17.6. The number of ether oxygens (including phenoxy) is 1. The number of phenolic OH excluding ortho intramolecular Hbond substituents is 1. The van der Waals surface area contributed by atoms with Crippen LogP contribution in [-0.4, -0.2) is 28.9 Å². The number of aromatic hydroxyl groups is 1. The summed E-state index contributed by atoms with van der Waals surface area (Å²) >= 11 is 0. The summed E-state index contributed by atoms with van der Waals surface area (Å²) in [4.78, 5) is 16.9. The van der Waals surface area contributed by atoms with Crippen LogP contribution in [0.25, 0.3) is 0 Å². The van der Waals surface area contributed by atoms with Gasteiger partial charge in [-0.25, -0.2) is 4.79 Å². The highest BCUT2D eigenvalue weighted by molar-refractivity contribution is 5.84. The molecule has 0 saturated heterocycles. The highest BCUT2D eigenvalue weighted by Crippen LogP contribution is 2.16. The Kier molecular flexibility index (Phi) is 5.74. The number of carbonyl (C=O) groups excluding carboxylic acids is 1. The van der Waals surface area contributed by atoms with E-state index in [4.69, 9.17) is 4.74 Å². The summed E-state index contributed by atoms with van der Waals surface area (Å²) in [6.45, 7) is 5.51. The third-order valence-electron chi connectivity index (χ3n) is 3.25. The molecule has 0 aliphatic carbocycles. The van der Waals surface area contributed by atoms with Crippen molar-refractivity contribution in [3.63, 3.8) is 0 Å². The highest BCUT2D eigenvalue weighted by atomic mass is 16.6. The van der Waals surface area contributed by atoms with Crippen LogP contribution < -0.4 is 0 Å². The van der Waals surface area contributed by atoms with Gasteiger partial charge in [0.2, 0.25) is 0 Å². The molecule has 0 fully saturated rings. The van der Waals surface area contributed by atoms with Crippen LogP contribution in [0.5, 0.6) is 5.75 Å². The quantitative estimate of drug-likeness (QED) is 0.672. The second-order valence-electron chi connectivity index (χ2n) is 6.61. The first-order valence-electron chi connectivity index (χ1n) is 7.92. The van der Waals surface area contributed by atoms with Crippen LogP contribution in [0, 0.1) is 0 Å². The van der Waals surface area contributed by atoms with Crippen molar-refractivity contribution in [1.82, 2.24) is 0 Å². The van der Waals surface area contributed by atoms with Crippen LogP contribution in [0.3, 0.4) is 0 Å². The predicted octanol–water partition coefficient (Wildman–Crippen LogP) is 3.76. The Morgan fingerprint density at radius 1 is 1.12 bits per heavy atom. The molecule has 0 unspecified atom stereocenters. The monoisotopic (exact) mass is 325 g/mol. The average molecular weight is 325 g/mol. The zero-order valence-electron chi connectivity index (χ0n) is 14.3. The lowest BCUT2D eigenvalue weighted by atomic mass is 10.1. The lowest BCUT2D eigenvalue weighted by Crippen LogP contribution is -2.32. The minimum atomic E-state index is -0.631. The molecule has 4 nitrogen and oxygen atoms in total. The summed E-state index contributed by atoms with van der Waals surface area (Å²) in [5.41, 5.74) is 1.28. The number of carbonyl (C=O) groups is 1. The number of hydrogen-bond acceptors (Lipinski definition) is 4. The molecule has 126 valence electrons. The molecule has 0 bridgehead atoms. The van der Waals surface area contributed by atoms with Crippen molar-refractivity contribution >= 4 is 12.2 Å².